The Kier molecular flexibility index (Phi) is 4.44. The molecule has 1 atom stereocenters. The van der Waals surface area contributed by atoms with E-state index in [1.165, 1.54) is 31.2 Å². The molecule has 1 aliphatic heterocycles. The van der Waals surface area contributed by atoms with Crippen molar-refractivity contribution >= 4 is 11.7 Å². The molecule has 114 valence electrons. The van der Waals surface area contributed by atoms with Crippen LogP contribution in [0.2, 0.25) is 0 Å². The fraction of sp³-hybridized carbons (Fsp3) is 0.588. The van der Waals surface area contributed by atoms with E-state index in [9.17, 15) is 4.79 Å². The van der Waals surface area contributed by atoms with Crippen molar-refractivity contribution in [2.24, 2.45) is 5.92 Å². The van der Waals surface area contributed by atoms with Gasteiger partial charge in [0, 0.05) is 24.8 Å². The first-order valence-corrected chi connectivity index (χ1v) is 8.07. The highest BCUT2D eigenvalue weighted by Gasteiger charge is 2.29. The molecule has 1 aliphatic carbocycles. The van der Waals surface area contributed by atoms with Crippen LogP contribution in [0, 0.1) is 12.8 Å². The smallest absolute Gasteiger partial charge is 0.321 e. The molecule has 0 spiro atoms. The molecule has 1 saturated carbocycles. The summed E-state index contributed by atoms with van der Waals surface area (Å²) in [5.41, 5.74) is 2.05. The minimum Gasteiger partial charge on any atom is -0.323 e. The van der Waals surface area contributed by atoms with Crippen LogP contribution in [-0.2, 0) is 0 Å². The molecule has 4 nitrogen and oxygen atoms in total. The lowest BCUT2D eigenvalue weighted by Gasteiger charge is -2.26. The molecule has 1 unspecified atom stereocenters. The van der Waals surface area contributed by atoms with Crippen molar-refractivity contribution in [1.82, 2.24) is 10.2 Å². The largest absolute Gasteiger partial charge is 0.323 e. The van der Waals surface area contributed by atoms with Crippen molar-refractivity contribution in [3.8, 4) is 0 Å². The Bertz CT molecular complexity index is 493. The average molecular weight is 287 g/mol. The third kappa shape index (κ3) is 4.21. The van der Waals surface area contributed by atoms with Crippen molar-refractivity contribution in [2.45, 2.75) is 38.6 Å². The van der Waals surface area contributed by atoms with Crippen LogP contribution in [0.5, 0.6) is 0 Å². The van der Waals surface area contributed by atoms with Crippen LogP contribution in [0.1, 0.15) is 31.2 Å². The van der Waals surface area contributed by atoms with Gasteiger partial charge in [-0.15, -0.1) is 0 Å². The lowest BCUT2D eigenvalue weighted by Crippen LogP contribution is -2.44. The zero-order chi connectivity index (χ0) is 14.7. The van der Waals surface area contributed by atoms with Gasteiger partial charge in [0.2, 0.25) is 0 Å². The SMILES string of the molecule is Cc1cccc(NC(=O)N(CC2CC2)CC2CCCN2)c1. The Balaban J connectivity index is 1.61. The lowest BCUT2D eigenvalue weighted by molar-refractivity contribution is 0.203. The number of rotatable bonds is 5. The maximum atomic E-state index is 12.6. The number of urea groups is 1. The quantitative estimate of drug-likeness (QED) is 0.874. The van der Waals surface area contributed by atoms with Gasteiger partial charge in [-0.3, -0.25) is 0 Å². The second-order valence-corrected chi connectivity index (χ2v) is 6.44. The summed E-state index contributed by atoms with van der Waals surface area (Å²) in [6.45, 7) is 4.85. The number of carbonyl (C=O) groups excluding carboxylic acids is 1. The molecule has 1 aromatic rings. The minimum atomic E-state index is 0.0428. The highest BCUT2D eigenvalue weighted by Crippen LogP contribution is 2.30. The molecular formula is C17H25N3O. The molecule has 0 radical (unpaired) electrons. The standard InChI is InChI=1S/C17H25N3O/c1-13-4-2-5-15(10-13)19-17(21)20(11-14-7-8-14)12-16-6-3-9-18-16/h2,4-5,10,14,16,18H,3,6-9,11-12H2,1H3,(H,19,21). The van der Waals surface area contributed by atoms with E-state index in [1.807, 2.05) is 36.1 Å². The Morgan fingerprint density at radius 3 is 2.86 bits per heavy atom. The van der Waals surface area contributed by atoms with Crippen LogP contribution >= 0.6 is 0 Å². The Hall–Kier alpha value is -1.55. The van der Waals surface area contributed by atoms with Gasteiger partial charge >= 0.3 is 6.03 Å². The van der Waals surface area contributed by atoms with E-state index >= 15 is 0 Å². The van der Waals surface area contributed by atoms with Gasteiger partial charge < -0.3 is 15.5 Å². The van der Waals surface area contributed by atoms with Gasteiger partial charge in [0.05, 0.1) is 0 Å². The highest BCUT2D eigenvalue weighted by molar-refractivity contribution is 5.89. The highest BCUT2D eigenvalue weighted by atomic mass is 16.2. The van der Waals surface area contributed by atoms with E-state index in [2.05, 4.69) is 10.6 Å². The van der Waals surface area contributed by atoms with Crippen molar-refractivity contribution in [3.05, 3.63) is 29.8 Å². The molecule has 2 N–H and O–H groups in total. The minimum absolute atomic E-state index is 0.0428. The molecular weight excluding hydrogens is 262 g/mol. The average Bonchev–Trinajstić information content (AvgIpc) is 3.12. The predicted octanol–water partition coefficient (Wildman–Crippen LogP) is 2.99. The molecule has 2 amide bonds. The van der Waals surface area contributed by atoms with E-state index in [0.717, 1.165) is 31.2 Å². The fourth-order valence-corrected chi connectivity index (χ4v) is 2.96. The molecule has 0 aromatic heterocycles. The fourth-order valence-electron chi connectivity index (χ4n) is 2.96. The van der Waals surface area contributed by atoms with Gasteiger partial charge in [-0.05, 0) is 62.8 Å². The summed E-state index contributed by atoms with van der Waals surface area (Å²) in [6.07, 6.45) is 4.94. The summed E-state index contributed by atoms with van der Waals surface area (Å²) >= 11 is 0. The lowest BCUT2D eigenvalue weighted by atomic mass is 10.2. The summed E-state index contributed by atoms with van der Waals surface area (Å²) in [5, 5.41) is 6.54. The second kappa shape index (κ2) is 6.48. The van der Waals surface area contributed by atoms with E-state index in [1.54, 1.807) is 0 Å². The number of hydrogen-bond donors (Lipinski definition) is 2. The summed E-state index contributed by atoms with van der Waals surface area (Å²) in [5.74, 6) is 0.717. The Morgan fingerprint density at radius 1 is 1.33 bits per heavy atom. The van der Waals surface area contributed by atoms with Crippen LogP contribution in [0.4, 0.5) is 10.5 Å². The first-order chi connectivity index (χ1) is 10.2. The van der Waals surface area contributed by atoms with Crippen LogP contribution < -0.4 is 10.6 Å². The number of nitrogens with zero attached hydrogens (tertiary/aromatic N) is 1. The maximum absolute atomic E-state index is 12.6. The molecule has 21 heavy (non-hydrogen) atoms. The molecule has 1 aromatic carbocycles. The van der Waals surface area contributed by atoms with E-state index in [4.69, 9.17) is 0 Å². The summed E-state index contributed by atoms with van der Waals surface area (Å²) < 4.78 is 0. The first kappa shape index (κ1) is 14.4. The van der Waals surface area contributed by atoms with Gasteiger partial charge in [-0.2, -0.15) is 0 Å². The normalized spacial score (nSPS) is 21.3. The molecule has 0 bridgehead atoms. The number of carbonyl (C=O) groups is 1. The molecule has 4 heteroatoms. The molecule has 3 rings (SSSR count). The van der Waals surface area contributed by atoms with Gasteiger partial charge in [0.25, 0.3) is 0 Å². The molecule has 2 aliphatic rings. The van der Waals surface area contributed by atoms with Gasteiger partial charge in [-0.1, -0.05) is 12.1 Å². The van der Waals surface area contributed by atoms with E-state index < -0.39 is 0 Å². The monoisotopic (exact) mass is 287 g/mol. The summed E-state index contributed by atoms with van der Waals surface area (Å²) in [7, 11) is 0. The summed E-state index contributed by atoms with van der Waals surface area (Å²) in [4.78, 5) is 14.6. The molecule has 1 saturated heterocycles. The maximum Gasteiger partial charge on any atom is 0.321 e. The van der Waals surface area contributed by atoms with Gasteiger partial charge in [-0.25, -0.2) is 4.79 Å². The zero-order valence-corrected chi connectivity index (χ0v) is 12.8. The third-order valence-electron chi connectivity index (χ3n) is 4.34. The second-order valence-electron chi connectivity index (χ2n) is 6.44. The third-order valence-corrected chi connectivity index (χ3v) is 4.34. The predicted molar refractivity (Wildman–Crippen MR) is 85.5 cm³/mol. The first-order valence-electron chi connectivity index (χ1n) is 8.07. The van der Waals surface area contributed by atoms with Crippen molar-refractivity contribution in [1.29, 1.82) is 0 Å². The number of amides is 2. The zero-order valence-electron chi connectivity index (χ0n) is 12.8. The Morgan fingerprint density at radius 2 is 2.19 bits per heavy atom. The van der Waals surface area contributed by atoms with Crippen molar-refractivity contribution in [3.63, 3.8) is 0 Å². The molecule has 2 fully saturated rings. The van der Waals surface area contributed by atoms with Crippen molar-refractivity contribution < 1.29 is 4.79 Å². The number of hydrogen-bond acceptors (Lipinski definition) is 2. The number of aryl methyl sites for hydroxylation is 1. The number of anilines is 1. The summed E-state index contributed by atoms with van der Waals surface area (Å²) in [6, 6.07) is 8.50. The van der Waals surface area contributed by atoms with Crippen molar-refractivity contribution in [2.75, 3.05) is 25.0 Å². The van der Waals surface area contributed by atoms with E-state index in [-0.39, 0.29) is 6.03 Å². The van der Waals surface area contributed by atoms with Gasteiger partial charge in [0.1, 0.15) is 0 Å². The Labute approximate surface area is 126 Å². The van der Waals surface area contributed by atoms with Gasteiger partial charge in [0.15, 0.2) is 0 Å². The number of nitrogens with one attached hydrogen (secondary N) is 2. The van der Waals surface area contributed by atoms with Crippen LogP contribution in [0.15, 0.2) is 24.3 Å². The molecule has 1 heterocycles. The van der Waals surface area contributed by atoms with Crippen LogP contribution in [0.25, 0.3) is 0 Å². The van der Waals surface area contributed by atoms with Crippen LogP contribution in [-0.4, -0.2) is 36.6 Å². The van der Waals surface area contributed by atoms with Crippen LogP contribution in [0.3, 0.4) is 0 Å². The number of benzene rings is 1. The van der Waals surface area contributed by atoms with E-state index in [0.29, 0.717) is 6.04 Å². The topological polar surface area (TPSA) is 44.4 Å².